The van der Waals surface area contributed by atoms with Crippen LogP contribution in [0.1, 0.15) is 21.5 Å². The van der Waals surface area contributed by atoms with E-state index in [9.17, 15) is 9.59 Å². The summed E-state index contributed by atoms with van der Waals surface area (Å²) in [5.74, 6) is 0.225. The Hall–Kier alpha value is -3.66. The minimum atomic E-state index is -0.412. The van der Waals surface area contributed by atoms with Crippen LogP contribution in [0.5, 0.6) is 11.5 Å². The highest BCUT2D eigenvalue weighted by Gasteiger charge is 2.26. The second kappa shape index (κ2) is 6.69. The Bertz CT molecular complexity index is 1000. The first-order valence-corrected chi connectivity index (χ1v) is 8.11. The van der Waals surface area contributed by atoms with Crippen LogP contribution in [0, 0.1) is 0 Å². The van der Waals surface area contributed by atoms with Gasteiger partial charge in [-0.15, -0.1) is 0 Å². The predicted molar refractivity (Wildman–Crippen MR) is 97.8 cm³/mol. The molecule has 0 spiro atoms. The van der Waals surface area contributed by atoms with E-state index >= 15 is 0 Å². The summed E-state index contributed by atoms with van der Waals surface area (Å²) in [5.41, 5.74) is 2.59. The van der Waals surface area contributed by atoms with Gasteiger partial charge in [-0.05, 0) is 42.0 Å². The van der Waals surface area contributed by atoms with Crippen LogP contribution in [0.3, 0.4) is 0 Å². The van der Waals surface area contributed by atoms with Gasteiger partial charge >= 0.3 is 11.9 Å². The highest BCUT2D eigenvalue weighted by Crippen LogP contribution is 2.35. The SMILES string of the molecule is O=C1Oc2ccccc2/C1=C\c1ccc(OC(=O)c2ccccc2)cc1. The molecule has 4 rings (SSSR count). The fourth-order valence-corrected chi connectivity index (χ4v) is 2.72. The number of carbonyl (C=O) groups excluding carboxylic acids is 2. The highest BCUT2D eigenvalue weighted by molar-refractivity contribution is 6.25. The van der Waals surface area contributed by atoms with Gasteiger partial charge in [-0.25, -0.2) is 9.59 Å². The lowest BCUT2D eigenvalue weighted by atomic mass is 10.0. The molecule has 3 aromatic rings. The molecule has 126 valence electrons. The maximum atomic E-state index is 12.1. The molecular formula is C22H14O4. The quantitative estimate of drug-likeness (QED) is 0.403. The summed E-state index contributed by atoms with van der Waals surface area (Å²) >= 11 is 0. The van der Waals surface area contributed by atoms with Gasteiger partial charge in [-0.2, -0.15) is 0 Å². The summed E-state index contributed by atoms with van der Waals surface area (Å²) in [5, 5.41) is 0. The van der Waals surface area contributed by atoms with Crippen LogP contribution in [-0.2, 0) is 4.79 Å². The highest BCUT2D eigenvalue weighted by atomic mass is 16.5. The summed E-state index contributed by atoms with van der Waals surface area (Å²) in [6.07, 6.45) is 1.76. The second-order valence-corrected chi connectivity index (χ2v) is 5.77. The molecule has 1 heterocycles. The van der Waals surface area contributed by atoms with E-state index in [0.29, 0.717) is 22.6 Å². The van der Waals surface area contributed by atoms with E-state index in [4.69, 9.17) is 9.47 Å². The summed E-state index contributed by atoms with van der Waals surface area (Å²) in [4.78, 5) is 24.1. The number of carbonyl (C=O) groups is 2. The van der Waals surface area contributed by atoms with Crippen LogP contribution < -0.4 is 9.47 Å². The van der Waals surface area contributed by atoms with Crippen molar-refractivity contribution in [3.05, 3.63) is 95.6 Å². The fraction of sp³-hybridized carbons (Fsp3) is 0. The number of ether oxygens (including phenoxy) is 2. The normalized spacial score (nSPS) is 14.0. The van der Waals surface area contributed by atoms with Crippen LogP contribution in [0.4, 0.5) is 0 Å². The Kier molecular flexibility index (Phi) is 4.07. The van der Waals surface area contributed by atoms with Crippen molar-refractivity contribution >= 4 is 23.6 Å². The molecule has 0 aliphatic carbocycles. The summed E-state index contributed by atoms with van der Waals surface area (Å²) in [6, 6.07) is 23.1. The molecule has 0 bridgehead atoms. The molecule has 3 aromatic carbocycles. The van der Waals surface area contributed by atoms with E-state index in [-0.39, 0.29) is 5.97 Å². The second-order valence-electron chi connectivity index (χ2n) is 5.77. The van der Waals surface area contributed by atoms with Crippen molar-refractivity contribution in [2.24, 2.45) is 0 Å². The van der Waals surface area contributed by atoms with Gasteiger partial charge in [-0.1, -0.05) is 48.5 Å². The van der Waals surface area contributed by atoms with E-state index < -0.39 is 5.97 Å². The molecule has 4 heteroatoms. The van der Waals surface area contributed by atoms with Crippen LogP contribution >= 0.6 is 0 Å². The third-order valence-corrected chi connectivity index (χ3v) is 4.01. The van der Waals surface area contributed by atoms with Gasteiger partial charge < -0.3 is 9.47 Å². The van der Waals surface area contributed by atoms with E-state index in [0.717, 1.165) is 11.1 Å². The van der Waals surface area contributed by atoms with Crippen LogP contribution in [0.15, 0.2) is 78.9 Å². The molecule has 4 nitrogen and oxygen atoms in total. The number of hydrogen-bond acceptors (Lipinski definition) is 4. The van der Waals surface area contributed by atoms with Crippen molar-refractivity contribution in [3.8, 4) is 11.5 Å². The first-order chi connectivity index (χ1) is 12.7. The average Bonchev–Trinajstić information content (AvgIpc) is 2.99. The smallest absolute Gasteiger partial charge is 0.344 e. The number of esters is 2. The average molecular weight is 342 g/mol. The van der Waals surface area contributed by atoms with Gasteiger partial charge in [0.05, 0.1) is 11.1 Å². The van der Waals surface area contributed by atoms with Gasteiger partial charge in [0.15, 0.2) is 0 Å². The Balaban J connectivity index is 1.54. The largest absolute Gasteiger partial charge is 0.423 e. The third kappa shape index (κ3) is 3.13. The minimum Gasteiger partial charge on any atom is -0.423 e. The lowest BCUT2D eigenvalue weighted by Crippen LogP contribution is -2.07. The van der Waals surface area contributed by atoms with Crippen molar-refractivity contribution in [2.45, 2.75) is 0 Å². The zero-order valence-electron chi connectivity index (χ0n) is 13.7. The van der Waals surface area contributed by atoms with Crippen molar-refractivity contribution < 1.29 is 19.1 Å². The van der Waals surface area contributed by atoms with Gasteiger partial charge in [-0.3, -0.25) is 0 Å². The molecule has 1 aliphatic rings. The number of benzene rings is 3. The summed E-state index contributed by atoms with van der Waals surface area (Å²) < 4.78 is 10.6. The first-order valence-electron chi connectivity index (χ1n) is 8.11. The number of rotatable bonds is 3. The molecule has 0 saturated carbocycles. The molecule has 0 unspecified atom stereocenters. The Labute approximate surface area is 150 Å². The molecule has 26 heavy (non-hydrogen) atoms. The predicted octanol–water partition coefficient (Wildman–Crippen LogP) is 4.37. The zero-order chi connectivity index (χ0) is 17.9. The monoisotopic (exact) mass is 342 g/mol. The summed E-state index contributed by atoms with van der Waals surface area (Å²) in [7, 11) is 0. The fourth-order valence-electron chi connectivity index (χ4n) is 2.72. The summed E-state index contributed by atoms with van der Waals surface area (Å²) in [6.45, 7) is 0. The van der Waals surface area contributed by atoms with Gasteiger partial charge in [0.2, 0.25) is 0 Å². The van der Waals surface area contributed by atoms with Crippen molar-refractivity contribution in [3.63, 3.8) is 0 Å². The van der Waals surface area contributed by atoms with Crippen molar-refractivity contribution in [1.29, 1.82) is 0 Å². The van der Waals surface area contributed by atoms with Crippen LogP contribution in [0.25, 0.3) is 11.6 Å². The maximum Gasteiger partial charge on any atom is 0.344 e. The molecule has 0 N–H and O–H groups in total. The molecule has 0 fully saturated rings. The number of hydrogen-bond donors (Lipinski definition) is 0. The van der Waals surface area contributed by atoms with E-state index in [2.05, 4.69) is 0 Å². The van der Waals surface area contributed by atoms with E-state index in [1.165, 1.54) is 0 Å². The lowest BCUT2D eigenvalue weighted by Gasteiger charge is -2.04. The Morgan fingerprint density at radius 1 is 0.846 bits per heavy atom. The molecule has 0 atom stereocenters. The Morgan fingerprint density at radius 3 is 2.31 bits per heavy atom. The van der Waals surface area contributed by atoms with Crippen LogP contribution in [-0.4, -0.2) is 11.9 Å². The van der Waals surface area contributed by atoms with Crippen molar-refractivity contribution in [2.75, 3.05) is 0 Å². The van der Waals surface area contributed by atoms with E-state index in [1.54, 1.807) is 60.7 Å². The maximum absolute atomic E-state index is 12.1. The molecular weight excluding hydrogens is 328 g/mol. The van der Waals surface area contributed by atoms with Gasteiger partial charge in [0.1, 0.15) is 11.5 Å². The lowest BCUT2D eigenvalue weighted by molar-refractivity contribution is -0.126. The van der Waals surface area contributed by atoms with Crippen LogP contribution in [0.2, 0.25) is 0 Å². The van der Waals surface area contributed by atoms with E-state index in [1.807, 2.05) is 24.3 Å². The third-order valence-electron chi connectivity index (χ3n) is 4.01. The van der Waals surface area contributed by atoms with Gasteiger partial charge in [0.25, 0.3) is 0 Å². The Morgan fingerprint density at radius 2 is 1.54 bits per heavy atom. The zero-order valence-corrected chi connectivity index (χ0v) is 13.7. The minimum absolute atomic E-state index is 0.370. The molecule has 1 aliphatic heterocycles. The topological polar surface area (TPSA) is 52.6 Å². The molecule has 0 aromatic heterocycles. The number of fused-ring (bicyclic) bond motifs is 1. The van der Waals surface area contributed by atoms with Gasteiger partial charge in [0, 0.05) is 5.56 Å². The standard InChI is InChI=1S/C22H14O4/c23-21(16-6-2-1-3-7-16)25-17-12-10-15(11-13-17)14-19-18-8-4-5-9-20(18)26-22(19)24/h1-14H/b19-14+. The molecule has 0 amide bonds. The molecule has 0 saturated heterocycles. The number of para-hydroxylation sites is 1. The first kappa shape index (κ1) is 15.8. The molecule has 0 radical (unpaired) electrons. The van der Waals surface area contributed by atoms with Crippen molar-refractivity contribution in [1.82, 2.24) is 0 Å².